The van der Waals surface area contributed by atoms with Gasteiger partial charge in [-0.15, -0.1) is 0 Å². The Bertz CT molecular complexity index is 552. The summed E-state index contributed by atoms with van der Waals surface area (Å²) in [6, 6.07) is 5.71. The summed E-state index contributed by atoms with van der Waals surface area (Å²) in [4.78, 5) is 7.69. The Labute approximate surface area is 119 Å². The number of aromatic nitrogens is 2. The predicted molar refractivity (Wildman–Crippen MR) is 79.1 cm³/mol. The van der Waals surface area contributed by atoms with Gasteiger partial charge in [0.15, 0.2) is 0 Å². The number of aromatic amines is 1. The second-order valence-corrected chi connectivity index (χ2v) is 4.49. The summed E-state index contributed by atoms with van der Waals surface area (Å²) in [5, 5.41) is 3.32. The first-order valence-corrected chi connectivity index (χ1v) is 6.75. The Balaban J connectivity index is 2.22. The molecule has 20 heavy (non-hydrogen) atoms. The van der Waals surface area contributed by atoms with Crippen LogP contribution in [0.1, 0.15) is 19.2 Å². The number of methoxy groups -OCH3 is 2. The van der Waals surface area contributed by atoms with E-state index >= 15 is 0 Å². The molecular weight excluding hydrogens is 254 g/mol. The summed E-state index contributed by atoms with van der Waals surface area (Å²) in [6.07, 6.45) is 2.93. The fourth-order valence-electron chi connectivity index (χ4n) is 2.00. The minimum atomic E-state index is 0.736. The Morgan fingerprint density at radius 2 is 2.10 bits per heavy atom. The summed E-state index contributed by atoms with van der Waals surface area (Å²) < 4.78 is 10.6. The normalized spacial score (nSPS) is 10.6. The van der Waals surface area contributed by atoms with Gasteiger partial charge in [-0.25, -0.2) is 4.98 Å². The maximum Gasteiger partial charge on any atom is 0.128 e. The third kappa shape index (κ3) is 3.30. The first-order valence-electron chi connectivity index (χ1n) is 6.75. The second kappa shape index (κ2) is 6.96. The number of hydrogen-bond donors (Lipinski definition) is 2. The lowest BCUT2D eigenvalue weighted by atomic mass is 10.1. The standard InChI is InChI=1S/C15H21N3O2/c1-4-7-16-10-15-17-9-13(18-15)12-8-11(19-2)5-6-14(12)20-3/h5-6,8-9,16H,4,7,10H2,1-3H3,(H,17,18). The number of ether oxygens (including phenoxy) is 2. The minimum Gasteiger partial charge on any atom is -0.497 e. The molecule has 0 bridgehead atoms. The molecule has 1 aromatic heterocycles. The third-order valence-electron chi connectivity index (χ3n) is 3.04. The van der Waals surface area contributed by atoms with Crippen LogP contribution in [0, 0.1) is 0 Å². The molecule has 2 N–H and O–H groups in total. The van der Waals surface area contributed by atoms with Crippen LogP contribution >= 0.6 is 0 Å². The lowest BCUT2D eigenvalue weighted by molar-refractivity contribution is 0.404. The fourth-order valence-corrected chi connectivity index (χ4v) is 2.00. The fraction of sp³-hybridized carbons (Fsp3) is 0.400. The molecule has 0 unspecified atom stereocenters. The highest BCUT2D eigenvalue weighted by molar-refractivity contribution is 5.68. The molecule has 0 saturated heterocycles. The second-order valence-electron chi connectivity index (χ2n) is 4.49. The van der Waals surface area contributed by atoms with Gasteiger partial charge < -0.3 is 19.8 Å². The highest BCUT2D eigenvalue weighted by Gasteiger charge is 2.10. The van der Waals surface area contributed by atoms with Crippen molar-refractivity contribution in [1.82, 2.24) is 15.3 Å². The van der Waals surface area contributed by atoms with Crippen molar-refractivity contribution >= 4 is 0 Å². The Morgan fingerprint density at radius 1 is 1.25 bits per heavy atom. The molecule has 1 aromatic carbocycles. The summed E-state index contributed by atoms with van der Waals surface area (Å²) in [6.45, 7) is 3.86. The molecular formula is C15H21N3O2. The van der Waals surface area contributed by atoms with Gasteiger partial charge in [0.2, 0.25) is 0 Å². The van der Waals surface area contributed by atoms with Gasteiger partial charge in [0.1, 0.15) is 17.3 Å². The highest BCUT2D eigenvalue weighted by atomic mass is 16.5. The van der Waals surface area contributed by atoms with E-state index in [2.05, 4.69) is 22.2 Å². The van der Waals surface area contributed by atoms with Gasteiger partial charge in [0.25, 0.3) is 0 Å². The molecule has 0 aliphatic rings. The van der Waals surface area contributed by atoms with Crippen LogP contribution in [0.15, 0.2) is 24.4 Å². The van der Waals surface area contributed by atoms with Crippen molar-refractivity contribution in [2.45, 2.75) is 19.9 Å². The van der Waals surface area contributed by atoms with Gasteiger partial charge in [-0.1, -0.05) is 6.92 Å². The zero-order valence-corrected chi connectivity index (χ0v) is 12.2. The van der Waals surface area contributed by atoms with Crippen molar-refractivity contribution in [3.63, 3.8) is 0 Å². The van der Waals surface area contributed by atoms with Crippen molar-refractivity contribution in [3.05, 3.63) is 30.2 Å². The quantitative estimate of drug-likeness (QED) is 0.763. The Morgan fingerprint density at radius 3 is 2.80 bits per heavy atom. The van der Waals surface area contributed by atoms with E-state index in [1.54, 1.807) is 14.2 Å². The lowest BCUT2D eigenvalue weighted by Gasteiger charge is -2.08. The van der Waals surface area contributed by atoms with Crippen LogP contribution in [0.3, 0.4) is 0 Å². The van der Waals surface area contributed by atoms with E-state index in [1.807, 2.05) is 24.4 Å². The van der Waals surface area contributed by atoms with Crippen molar-refractivity contribution in [2.24, 2.45) is 0 Å². The number of benzene rings is 1. The first-order chi connectivity index (χ1) is 9.78. The van der Waals surface area contributed by atoms with Gasteiger partial charge in [0, 0.05) is 5.56 Å². The zero-order valence-electron chi connectivity index (χ0n) is 12.2. The molecule has 0 aliphatic heterocycles. The largest absolute Gasteiger partial charge is 0.497 e. The van der Waals surface area contributed by atoms with Crippen molar-refractivity contribution < 1.29 is 9.47 Å². The molecule has 5 heteroatoms. The maximum absolute atomic E-state index is 5.39. The Kier molecular flexibility index (Phi) is 5.01. The molecule has 0 aliphatic carbocycles. The molecule has 0 saturated carbocycles. The van der Waals surface area contributed by atoms with Crippen molar-refractivity contribution in [3.8, 4) is 22.8 Å². The van der Waals surface area contributed by atoms with Crippen LogP contribution in [-0.2, 0) is 6.54 Å². The van der Waals surface area contributed by atoms with E-state index in [4.69, 9.17) is 9.47 Å². The molecule has 0 atom stereocenters. The molecule has 1 heterocycles. The molecule has 5 nitrogen and oxygen atoms in total. The molecule has 0 radical (unpaired) electrons. The summed E-state index contributed by atoms with van der Waals surface area (Å²) >= 11 is 0. The van der Waals surface area contributed by atoms with Gasteiger partial charge >= 0.3 is 0 Å². The minimum absolute atomic E-state index is 0.736. The molecule has 0 fully saturated rings. The topological polar surface area (TPSA) is 59.2 Å². The average molecular weight is 275 g/mol. The van der Waals surface area contributed by atoms with Crippen LogP contribution in [0.2, 0.25) is 0 Å². The van der Waals surface area contributed by atoms with Gasteiger partial charge in [-0.05, 0) is 31.2 Å². The highest BCUT2D eigenvalue weighted by Crippen LogP contribution is 2.32. The van der Waals surface area contributed by atoms with E-state index in [9.17, 15) is 0 Å². The number of rotatable bonds is 7. The summed E-state index contributed by atoms with van der Waals surface area (Å²) in [7, 11) is 3.31. The average Bonchev–Trinajstić information content (AvgIpc) is 2.95. The third-order valence-corrected chi connectivity index (χ3v) is 3.04. The molecule has 108 valence electrons. The van der Waals surface area contributed by atoms with Crippen LogP contribution in [0.4, 0.5) is 0 Å². The smallest absolute Gasteiger partial charge is 0.128 e. The number of nitrogens with one attached hydrogen (secondary N) is 2. The van der Waals surface area contributed by atoms with E-state index in [0.29, 0.717) is 0 Å². The first kappa shape index (κ1) is 14.4. The summed E-state index contributed by atoms with van der Waals surface area (Å²) in [5.41, 5.74) is 1.87. The summed E-state index contributed by atoms with van der Waals surface area (Å²) in [5.74, 6) is 2.50. The van der Waals surface area contributed by atoms with E-state index in [-0.39, 0.29) is 0 Å². The van der Waals surface area contributed by atoms with Crippen molar-refractivity contribution in [2.75, 3.05) is 20.8 Å². The van der Waals surface area contributed by atoms with E-state index < -0.39 is 0 Å². The van der Waals surface area contributed by atoms with E-state index in [1.165, 1.54) is 0 Å². The molecule has 2 aromatic rings. The predicted octanol–water partition coefficient (Wildman–Crippen LogP) is 2.59. The monoisotopic (exact) mass is 275 g/mol. The maximum atomic E-state index is 5.39. The molecule has 0 amide bonds. The number of imidazole rings is 1. The SMILES string of the molecule is CCCNCc1ncc(-c2cc(OC)ccc2OC)[nH]1. The van der Waals surface area contributed by atoms with Crippen LogP contribution in [-0.4, -0.2) is 30.7 Å². The molecule has 2 rings (SSSR count). The number of H-pyrrole nitrogens is 1. The zero-order chi connectivity index (χ0) is 14.4. The van der Waals surface area contributed by atoms with Crippen LogP contribution < -0.4 is 14.8 Å². The van der Waals surface area contributed by atoms with Gasteiger partial charge in [0.05, 0.1) is 32.7 Å². The van der Waals surface area contributed by atoms with Crippen LogP contribution in [0.25, 0.3) is 11.3 Å². The Hall–Kier alpha value is -2.01. The van der Waals surface area contributed by atoms with Gasteiger partial charge in [-0.2, -0.15) is 0 Å². The number of hydrogen-bond acceptors (Lipinski definition) is 4. The lowest BCUT2D eigenvalue weighted by Crippen LogP contribution is -2.14. The van der Waals surface area contributed by atoms with Crippen molar-refractivity contribution in [1.29, 1.82) is 0 Å². The van der Waals surface area contributed by atoms with Gasteiger partial charge in [-0.3, -0.25) is 0 Å². The molecule has 0 spiro atoms. The van der Waals surface area contributed by atoms with Crippen LogP contribution in [0.5, 0.6) is 11.5 Å². The number of nitrogens with zero attached hydrogens (tertiary/aromatic N) is 1. The van der Waals surface area contributed by atoms with E-state index in [0.717, 1.165) is 48.1 Å².